The van der Waals surface area contributed by atoms with Gasteiger partial charge in [-0.15, -0.1) is 0 Å². The molecular weight excluding hydrogens is 460 g/mol. The quantitative estimate of drug-likeness (QED) is 0.211. The molecule has 9 nitrogen and oxygen atoms in total. The number of ether oxygens (including phenoxy) is 3. The Hall–Kier alpha value is -3.53. The van der Waals surface area contributed by atoms with E-state index in [1.54, 1.807) is 19.1 Å². The van der Waals surface area contributed by atoms with Crippen LogP contribution in [-0.2, 0) is 14.3 Å². The number of nitrogens with zero attached hydrogens (tertiary/aromatic N) is 2. The molecule has 0 N–H and O–H groups in total. The van der Waals surface area contributed by atoms with E-state index in [1.165, 1.54) is 38.3 Å². The highest BCUT2D eigenvalue weighted by molar-refractivity contribution is 9.10. The molecule has 1 heterocycles. The summed E-state index contributed by atoms with van der Waals surface area (Å²) in [6.45, 7) is 2.86. The Morgan fingerprint density at radius 2 is 2.03 bits per heavy atom. The van der Waals surface area contributed by atoms with E-state index in [0.717, 1.165) is 0 Å². The van der Waals surface area contributed by atoms with Gasteiger partial charge in [0, 0.05) is 24.1 Å². The number of carbonyl (C=O) groups excluding carboxylic acids is 2. The lowest BCUT2D eigenvalue weighted by atomic mass is 10.1. The maximum Gasteiger partial charge on any atom is 0.363 e. The maximum absolute atomic E-state index is 12.2. The average molecular weight is 475 g/mol. The first-order chi connectivity index (χ1) is 14.2. The molecule has 0 fully saturated rings. The third-order valence-corrected chi connectivity index (χ3v) is 4.65. The number of carbonyl (C=O) groups is 2. The van der Waals surface area contributed by atoms with Gasteiger partial charge in [0.2, 0.25) is 5.90 Å². The van der Waals surface area contributed by atoms with Crippen LogP contribution in [0.5, 0.6) is 11.5 Å². The lowest BCUT2D eigenvalue weighted by Crippen LogP contribution is -2.06. The summed E-state index contributed by atoms with van der Waals surface area (Å²) in [7, 11) is 1.42. The molecule has 0 radical (unpaired) electrons. The van der Waals surface area contributed by atoms with Gasteiger partial charge in [0.1, 0.15) is 0 Å². The van der Waals surface area contributed by atoms with Gasteiger partial charge in [-0.1, -0.05) is 0 Å². The van der Waals surface area contributed by atoms with E-state index in [0.29, 0.717) is 21.2 Å². The first-order valence-corrected chi connectivity index (χ1v) is 9.33. The predicted molar refractivity (Wildman–Crippen MR) is 110 cm³/mol. The van der Waals surface area contributed by atoms with Crippen molar-refractivity contribution in [3.8, 4) is 11.5 Å². The Morgan fingerprint density at radius 1 is 1.30 bits per heavy atom. The van der Waals surface area contributed by atoms with Crippen LogP contribution in [0.4, 0.5) is 5.69 Å². The summed E-state index contributed by atoms with van der Waals surface area (Å²) in [6.07, 6.45) is 1.48. The highest BCUT2D eigenvalue weighted by Gasteiger charge is 2.25. The zero-order valence-corrected chi connectivity index (χ0v) is 17.7. The van der Waals surface area contributed by atoms with Crippen LogP contribution >= 0.6 is 15.9 Å². The number of methoxy groups -OCH3 is 1. The second kappa shape index (κ2) is 8.46. The van der Waals surface area contributed by atoms with Crippen molar-refractivity contribution in [3.63, 3.8) is 0 Å². The van der Waals surface area contributed by atoms with Crippen LogP contribution < -0.4 is 9.47 Å². The van der Waals surface area contributed by atoms with Crippen molar-refractivity contribution in [3.05, 3.63) is 67.3 Å². The zero-order chi connectivity index (χ0) is 22.0. The smallest absolute Gasteiger partial charge is 0.363 e. The average Bonchev–Trinajstić information content (AvgIpc) is 3.03. The maximum atomic E-state index is 12.2. The first-order valence-electron chi connectivity index (χ1n) is 8.53. The van der Waals surface area contributed by atoms with Gasteiger partial charge < -0.3 is 14.2 Å². The monoisotopic (exact) mass is 474 g/mol. The van der Waals surface area contributed by atoms with Crippen molar-refractivity contribution >= 4 is 45.5 Å². The van der Waals surface area contributed by atoms with E-state index in [9.17, 15) is 19.7 Å². The van der Waals surface area contributed by atoms with Crippen molar-refractivity contribution in [2.24, 2.45) is 4.99 Å². The first kappa shape index (κ1) is 21.2. The van der Waals surface area contributed by atoms with E-state index in [4.69, 9.17) is 14.2 Å². The van der Waals surface area contributed by atoms with Gasteiger partial charge >= 0.3 is 11.9 Å². The van der Waals surface area contributed by atoms with Gasteiger partial charge in [0.25, 0.3) is 5.69 Å². The van der Waals surface area contributed by atoms with E-state index in [2.05, 4.69) is 20.9 Å². The Labute approximate surface area is 179 Å². The van der Waals surface area contributed by atoms with Crippen molar-refractivity contribution in [1.29, 1.82) is 0 Å². The summed E-state index contributed by atoms with van der Waals surface area (Å²) >= 11 is 3.31. The molecule has 2 aromatic carbocycles. The van der Waals surface area contributed by atoms with Crippen LogP contribution in [0.15, 0.2) is 45.5 Å². The van der Waals surface area contributed by atoms with Crippen molar-refractivity contribution in [2.75, 3.05) is 7.11 Å². The van der Waals surface area contributed by atoms with Crippen LogP contribution in [-0.4, -0.2) is 29.9 Å². The third kappa shape index (κ3) is 4.38. The summed E-state index contributed by atoms with van der Waals surface area (Å²) in [5, 5.41) is 11.0. The molecular formula is C20H15BrN2O7. The molecule has 2 aromatic rings. The van der Waals surface area contributed by atoms with E-state index >= 15 is 0 Å². The molecule has 0 saturated heterocycles. The fourth-order valence-electron chi connectivity index (χ4n) is 2.75. The minimum Gasteiger partial charge on any atom is -0.493 e. The van der Waals surface area contributed by atoms with Gasteiger partial charge in [-0.05, 0) is 58.8 Å². The molecule has 30 heavy (non-hydrogen) atoms. The van der Waals surface area contributed by atoms with Gasteiger partial charge in [0.15, 0.2) is 17.2 Å². The number of cyclic esters (lactones) is 1. The number of rotatable bonds is 5. The van der Waals surface area contributed by atoms with Gasteiger partial charge in [-0.3, -0.25) is 14.9 Å². The molecule has 0 aliphatic carbocycles. The molecule has 0 aromatic heterocycles. The highest BCUT2D eigenvalue weighted by Crippen LogP contribution is 2.37. The lowest BCUT2D eigenvalue weighted by Gasteiger charge is -2.11. The molecule has 0 bridgehead atoms. The number of aliphatic imine (C=N–C) groups is 1. The summed E-state index contributed by atoms with van der Waals surface area (Å²) in [4.78, 5) is 38.2. The molecule has 1 aliphatic heterocycles. The Bertz CT molecular complexity index is 1140. The summed E-state index contributed by atoms with van der Waals surface area (Å²) in [6, 6.07) is 7.53. The molecule has 154 valence electrons. The molecule has 0 atom stereocenters. The van der Waals surface area contributed by atoms with Crippen molar-refractivity contribution in [2.45, 2.75) is 13.8 Å². The summed E-state index contributed by atoms with van der Waals surface area (Å²) < 4.78 is 16.0. The lowest BCUT2D eigenvalue weighted by molar-refractivity contribution is -0.385. The van der Waals surface area contributed by atoms with Crippen LogP contribution in [0.3, 0.4) is 0 Å². The van der Waals surface area contributed by atoms with E-state index < -0.39 is 16.9 Å². The Balaban J connectivity index is 1.96. The second-order valence-electron chi connectivity index (χ2n) is 6.22. The number of halogens is 1. The standard InChI is InChI=1S/C20H15BrN2O7/c1-10-6-13(4-5-16(10)23(26)27)19-22-15(20(25)30-19)8-12-7-14(21)18(29-11(2)24)17(9-12)28-3/h4-9H,1-3H3/b15-8-. The van der Waals surface area contributed by atoms with Crippen LogP contribution in [0.1, 0.15) is 23.6 Å². The van der Waals surface area contributed by atoms with Crippen molar-refractivity contribution in [1.82, 2.24) is 0 Å². The topological polar surface area (TPSA) is 117 Å². The normalized spacial score (nSPS) is 14.3. The molecule has 0 amide bonds. The fraction of sp³-hybridized carbons (Fsp3) is 0.150. The number of nitro benzene ring substituents is 1. The summed E-state index contributed by atoms with van der Waals surface area (Å²) in [5.41, 5.74) is 1.41. The number of aryl methyl sites for hydroxylation is 1. The predicted octanol–water partition coefficient (Wildman–Crippen LogP) is 3.94. The minimum absolute atomic E-state index is 0.0372. The third-order valence-electron chi connectivity index (χ3n) is 4.06. The number of hydrogen-bond donors (Lipinski definition) is 0. The van der Waals surface area contributed by atoms with Gasteiger partial charge in [0.05, 0.1) is 16.5 Å². The SMILES string of the molecule is COc1cc(/C=C2\N=C(c3ccc([N+](=O)[O-])c(C)c3)OC2=O)cc(Br)c1OC(C)=O. The largest absolute Gasteiger partial charge is 0.493 e. The van der Waals surface area contributed by atoms with Crippen LogP contribution in [0.2, 0.25) is 0 Å². The molecule has 1 aliphatic rings. The molecule has 10 heteroatoms. The molecule has 0 saturated carbocycles. The van der Waals surface area contributed by atoms with Crippen molar-refractivity contribution < 1.29 is 28.7 Å². The fourth-order valence-corrected chi connectivity index (χ4v) is 3.29. The number of esters is 2. The number of hydrogen-bond acceptors (Lipinski definition) is 8. The Kier molecular flexibility index (Phi) is 5.97. The minimum atomic E-state index is -0.667. The number of benzene rings is 2. The van der Waals surface area contributed by atoms with E-state index in [-0.39, 0.29) is 28.8 Å². The Morgan fingerprint density at radius 3 is 2.63 bits per heavy atom. The second-order valence-corrected chi connectivity index (χ2v) is 7.08. The number of nitro groups is 1. The van der Waals surface area contributed by atoms with Gasteiger partial charge in [-0.25, -0.2) is 9.79 Å². The molecule has 0 unspecified atom stereocenters. The van der Waals surface area contributed by atoms with Crippen LogP contribution in [0, 0.1) is 17.0 Å². The van der Waals surface area contributed by atoms with E-state index in [1.807, 2.05) is 0 Å². The van der Waals surface area contributed by atoms with Crippen LogP contribution in [0.25, 0.3) is 6.08 Å². The van der Waals surface area contributed by atoms with Gasteiger partial charge in [-0.2, -0.15) is 0 Å². The summed E-state index contributed by atoms with van der Waals surface area (Å²) in [5.74, 6) is -0.626. The zero-order valence-electron chi connectivity index (χ0n) is 16.1. The molecule has 0 spiro atoms. The molecule has 3 rings (SSSR count). The highest BCUT2D eigenvalue weighted by atomic mass is 79.9.